The molecular weight excluding hydrogens is 366 g/mol. The van der Waals surface area contributed by atoms with Crippen molar-refractivity contribution in [3.8, 4) is 10.8 Å². The van der Waals surface area contributed by atoms with E-state index in [1.54, 1.807) is 0 Å². The standard InChI is InChI=1S/C9H11BrClIO/c1-7(12)6-8(11)2-3-9(13)4-5-10/h8-9,13H,1-3,6H2/t8-,9?/m1/s1. The minimum absolute atomic E-state index is 0.0520. The molecule has 0 aromatic heterocycles. The van der Waals surface area contributed by atoms with Gasteiger partial charge in [0.05, 0.1) is 0 Å². The van der Waals surface area contributed by atoms with E-state index in [4.69, 9.17) is 11.6 Å². The van der Waals surface area contributed by atoms with Crippen molar-refractivity contribution in [2.24, 2.45) is 0 Å². The second-order valence-corrected chi connectivity index (χ2v) is 5.19. The molecule has 4 heteroatoms. The molecule has 1 N–H and O–H groups in total. The average molecular weight is 377 g/mol. The van der Waals surface area contributed by atoms with Gasteiger partial charge in [-0.3, -0.25) is 0 Å². The van der Waals surface area contributed by atoms with Crippen LogP contribution in [0.1, 0.15) is 19.3 Å². The summed E-state index contributed by atoms with van der Waals surface area (Å²) in [6.45, 7) is 3.76. The minimum atomic E-state index is -0.580. The van der Waals surface area contributed by atoms with Crippen LogP contribution in [0.15, 0.2) is 10.2 Å². The van der Waals surface area contributed by atoms with Crippen molar-refractivity contribution in [3.05, 3.63) is 10.2 Å². The van der Waals surface area contributed by atoms with Gasteiger partial charge in [0.2, 0.25) is 0 Å². The number of halogens is 3. The Kier molecular flexibility index (Phi) is 8.57. The van der Waals surface area contributed by atoms with E-state index < -0.39 is 6.10 Å². The van der Waals surface area contributed by atoms with Crippen LogP contribution in [0.4, 0.5) is 0 Å². The molecule has 0 aromatic rings. The summed E-state index contributed by atoms with van der Waals surface area (Å²) in [5, 5.41) is 9.30. The van der Waals surface area contributed by atoms with Crippen LogP contribution < -0.4 is 0 Å². The zero-order valence-corrected chi connectivity index (χ0v) is 11.6. The van der Waals surface area contributed by atoms with Crippen molar-refractivity contribution in [2.75, 3.05) is 0 Å². The summed E-state index contributed by atoms with van der Waals surface area (Å²) in [7, 11) is 0. The van der Waals surface area contributed by atoms with Gasteiger partial charge in [-0.15, -0.1) is 11.6 Å². The second-order valence-electron chi connectivity index (χ2n) is 2.65. The van der Waals surface area contributed by atoms with Gasteiger partial charge in [-0.1, -0.05) is 12.5 Å². The second kappa shape index (κ2) is 8.10. The maximum absolute atomic E-state index is 9.25. The number of allylic oxidation sites excluding steroid dienone is 1. The predicted octanol–water partition coefficient (Wildman–Crippen LogP) is 3.43. The molecule has 0 heterocycles. The van der Waals surface area contributed by atoms with Gasteiger partial charge in [-0.2, -0.15) is 0 Å². The van der Waals surface area contributed by atoms with Gasteiger partial charge >= 0.3 is 0 Å². The van der Waals surface area contributed by atoms with Crippen LogP contribution in [0, 0.1) is 10.8 Å². The molecule has 74 valence electrons. The van der Waals surface area contributed by atoms with Crippen molar-refractivity contribution in [3.63, 3.8) is 0 Å². The number of alkyl halides is 1. The van der Waals surface area contributed by atoms with E-state index in [9.17, 15) is 5.11 Å². The Bertz CT molecular complexity index is 221. The molecule has 0 aliphatic rings. The first kappa shape index (κ1) is 13.8. The number of hydrogen-bond donors (Lipinski definition) is 1. The van der Waals surface area contributed by atoms with E-state index in [0.29, 0.717) is 6.42 Å². The van der Waals surface area contributed by atoms with Crippen LogP contribution in [0.5, 0.6) is 0 Å². The number of rotatable bonds is 5. The van der Waals surface area contributed by atoms with Crippen LogP contribution >= 0.6 is 50.1 Å². The lowest BCUT2D eigenvalue weighted by atomic mass is 10.1. The maximum atomic E-state index is 9.25. The van der Waals surface area contributed by atoms with Crippen molar-refractivity contribution >= 4 is 50.1 Å². The Morgan fingerprint density at radius 3 is 2.69 bits per heavy atom. The van der Waals surface area contributed by atoms with Crippen molar-refractivity contribution in [1.82, 2.24) is 0 Å². The maximum Gasteiger partial charge on any atom is 0.115 e. The fraction of sp³-hybridized carbons (Fsp3) is 0.556. The van der Waals surface area contributed by atoms with E-state index in [1.807, 2.05) is 0 Å². The Morgan fingerprint density at radius 1 is 1.62 bits per heavy atom. The first-order valence-electron chi connectivity index (χ1n) is 3.82. The molecule has 0 aromatic carbocycles. The average Bonchev–Trinajstić information content (AvgIpc) is 2.00. The van der Waals surface area contributed by atoms with Gasteiger partial charge in [0.1, 0.15) is 6.10 Å². The molecule has 0 bridgehead atoms. The molecule has 1 unspecified atom stereocenters. The third kappa shape index (κ3) is 9.07. The molecule has 0 amide bonds. The number of hydrogen-bond acceptors (Lipinski definition) is 1. The first-order valence-corrected chi connectivity index (χ1v) is 6.13. The van der Waals surface area contributed by atoms with Gasteiger partial charge in [0.15, 0.2) is 0 Å². The third-order valence-electron chi connectivity index (χ3n) is 1.42. The Balaban J connectivity index is 3.61. The molecule has 0 rings (SSSR count). The van der Waals surface area contributed by atoms with Crippen LogP contribution in [-0.4, -0.2) is 16.6 Å². The van der Waals surface area contributed by atoms with E-state index in [1.165, 1.54) is 0 Å². The van der Waals surface area contributed by atoms with Gasteiger partial charge in [0, 0.05) is 21.3 Å². The van der Waals surface area contributed by atoms with Gasteiger partial charge < -0.3 is 5.11 Å². The summed E-state index contributed by atoms with van der Waals surface area (Å²) in [6, 6.07) is 0. The lowest BCUT2D eigenvalue weighted by molar-refractivity contribution is 0.218. The van der Waals surface area contributed by atoms with Crippen LogP contribution in [0.3, 0.4) is 0 Å². The molecular formula is C9H11BrClIO. The fourth-order valence-corrected chi connectivity index (χ4v) is 2.18. The summed E-state index contributed by atoms with van der Waals surface area (Å²) in [6.07, 6.45) is 1.57. The van der Waals surface area contributed by atoms with Gasteiger partial charge in [-0.05, 0) is 50.3 Å². The molecule has 0 fully saturated rings. The molecule has 0 radical (unpaired) electrons. The number of aliphatic hydroxyl groups excluding tert-OH is 1. The first-order chi connectivity index (χ1) is 6.06. The lowest BCUT2D eigenvalue weighted by Gasteiger charge is -2.08. The van der Waals surface area contributed by atoms with Crippen molar-refractivity contribution < 1.29 is 5.11 Å². The number of aliphatic hydroxyl groups is 1. The molecule has 0 spiro atoms. The van der Waals surface area contributed by atoms with E-state index >= 15 is 0 Å². The van der Waals surface area contributed by atoms with Crippen molar-refractivity contribution in [1.29, 1.82) is 0 Å². The zero-order valence-electron chi connectivity index (χ0n) is 7.06. The van der Waals surface area contributed by atoms with Gasteiger partial charge in [-0.25, -0.2) is 0 Å². The Hall–Kier alpha value is 0.760. The molecule has 2 atom stereocenters. The highest BCUT2D eigenvalue weighted by atomic mass is 127. The SMILES string of the molecule is C=C(I)C[C@H](Cl)CCC(O)C#CBr. The molecule has 0 saturated heterocycles. The molecule has 13 heavy (non-hydrogen) atoms. The fourth-order valence-electron chi connectivity index (χ4n) is 0.816. The third-order valence-corrected chi connectivity index (χ3v) is 2.46. The van der Waals surface area contributed by atoms with Crippen LogP contribution in [0.25, 0.3) is 0 Å². The summed E-state index contributed by atoms with van der Waals surface area (Å²) < 4.78 is 1.04. The van der Waals surface area contributed by atoms with E-state index in [2.05, 4.69) is 55.8 Å². The Morgan fingerprint density at radius 2 is 2.23 bits per heavy atom. The summed E-state index contributed by atoms with van der Waals surface area (Å²) >= 11 is 11.1. The van der Waals surface area contributed by atoms with E-state index in [-0.39, 0.29) is 5.38 Å². The zero-order chi connectivity index (χ0) is 10.3. The predicted molar refractivity (Wildman–Crippen MR) is 69.4 cm³/mol. The molecule has 0 aliphatic heterocycles. The van der Waals surface area contributed by atoms with Crippen LogP contribution in [-0.2, 0) is 0 Å². The summed E-state index contributed by atoms with van der Waals surface area (Å²) in [4.78, 5) is 2.48. The highest BCUT2D eigenvalue weighted by Gasteiger charge is 2.08. The van der Waals surface area contributed by atoms with Gasteiger partial charge in [0.25, 0.3) is 0 Å². The topological polar surface area (TPSA) is 20.2 Å². The Labute approximate surface area is 106 Å². The largest absolute Gasteiger partial charge is 0.380 e. The molecule has 0 saturated carbocycles. The summed E-state index contributed by atoms with van der Waals surface area (Å²) in [5.74, 6) is 2.59. The quantitative estimate of drug-likeness (QED) is 0.442. The normalized spacial score (nSPS) is 14.2. The van der Waals surface area contributed by atoms with E-state index in [0.717, 1.165) is 16.4 Å². The monoisotopic (exact) mass is 376 g/mol. The minimum Gasteiger partial charge on any atom is -0.380 e. The smallest absolute Gasteiger partial charge is 0.115 e. The van der Waals surface area contributed by atoms with Crippen LogP contribution in [0.2, 0.25) is 0 Å². The highest BCUT2D eigenvalue weighted by molar-refractivity contribution is 14.1. The van der Waals surface area contributed by atoms with Crippen molar-refractivity contribution in [2.45, 2.75) is 30.7 Å². The molecule has 0 aliphatic carbocycles. The lowest BCUT2D eigenvalue weighted by Crippen LogP contribution is -2.07. The summed E-state index contributed by atoms with van der Waals surface area (Å²) in [5.41, 5.74) is 0. The highest BCUT2D eigenvalue weighted by Crippen LogP contribution is 2.19. The molecule has 1 nitrogen and oxygen atoms in total.